The van der Waals surface area contributed by atoms with Crippen LogP contribution in [-0.2, 0) is 0 Å². The average molecular weight is 588 g/mol. The quantitative estimate of drug-likeness (QED) is 0.207. The van der Waals surface area contributed by atoms with Gasteiger partial charge in [0.25, 0.3) is 0 Å². The molecule has 0 bridgehead atoms. The third-order valence-electron chi connectivity index (χ3n) is 9.19. The highest BCUT2D eigenvalue weighted by atomic mass is 16.3. The molecule has 3 heterocycles. The Morgan fingerprint density at radius 3 is 1.89 bits per heavy atom. The first-order chi connectivity index (χ1) is 22.8. The lowest BCUT2D eigenvalue weighted by Gasteiger charge is -2.12. The Kier molecular flexibility index (Phi) is 5.25. The molecule has 0 aliphatic carbocycles. The summed E-state index contributed by atoms with van der Waals surface area (Å²) in [6.07, 6.45) is 0. The molecule has 0 unspecified atom stereocenters. The Morgan fingerprint density at radius 1 is 0.457 bits per heavy atom. The summed E-state index contributed by atoms with van der Waals surface area (Å²) in [6, 6.07) is 52.9. The molecule has 46 heavy (non-hydrogen) atoms. The molecule has 0 aliphatic rings. The monoisotopic (exact) mass is 587 g/mol. The second-order valence-corrected chi connectivity index (χ2v) is 11.7. The van der Waals surface area contributed by atoms with Gasteiger partial charge in [-0.25, -0.2) is 9.97 Å². The van der Waals surface area contributed by atoms with Gasteiger partial charge in [0.1, 0.15) is 5.58 Å². The van der Waals surface area contributed by atoms with Crippen LogP contribution in [0.2, 0.25) is 0 Å². The summed E-state index contributed by atoms with van der Waals surface area (Å²) in [6.45, 7) is 0. The maximum Gasteiger partial charge on any atom is 0.160 e. The van der Waals surface area contributed by atoms with Crippen molar-refractivity contribution in [3.8, 4) is 28.3 Å². The maximum absolute atomic E-state index is 6.71. The third-order valence-corrected chi connectivity index (χ3v) is 9.19. The Labute approximate surface area is 263 Å². The molecule has 0 atom stereocenters. The highest BCUT2D eigenvalue weighted by Crippen LogP contribution is 2.45. The van der Waals surface area contributed by atoms with Crippen LogP contribution in [0.5, 0.6) is 0 Å². The second-order valence-electron chi connectivity index (χ2n) is 11.7. The van der Waals surface area contributed by atoms with Crippen LogP contribution in [-0.4, -0.2) is 14.5 Å². The zero-order valence-electron chi connectivity index (χ0n) is 24.7. The summed E-state index contributed by atoms with van der Waals surface area (Å²) in [5, 5.41) is 8.15. The van der Waals surface area contributed by atoms with E-state index in [1.54, 1.807) is 0 Å². The van der Waals surface area contributed by atoms with E-state index in [1.165, 1.54) is 21.5 Å². The van der Waals surface area contributed by atoms with Gasteiger partial charge in [0, 0.05) is 43.7 Å². The van der Waals surface area contributed by atoms with Crippen molar-refractivity contribution in [3.05, 3.63) is 152 Å². The van der Waals surface area contributed by atoms with E-state index in [1.807, 2.05) is 24.3 Å². The standard InChI is InChI=1S/C42H25N3O/c1-2-12-26(13-3-1)39-31-16-6-9-19-34(31)43-42(44-39)27-22-24-28(25-23-27)45-35-20-10-7-17-32(35)37-29-14-4-5-15-30(29)38-33-18-8-11-21-36(33)46-41(38)40(37)45/h1-25H. The van der Waals surface area contributed by atoms with Crippen LogP contribution in [0, 0.1) is 0 Å². The number of rotatable bonds is 3. The first kappa shape index (κ1) is 25.1. The summed E-state index contributed by atoms with van der Waals surface area (Å²) in [5.74, 6) is 0.706. The Bertz CT molecular complexity index is 2790. The van der Waals surface area contributed by atoms with E-state index in [0.717, 1.165) is 66.4 Å². The SMILES string of the molecule is c1ccc(-c2nc(-c3ccc(-n4c5ccccc5c5c6ccccc6c6c7ccccc7oc6c54)cc3)nc3ccccc23)cc1. The summed E-state index contributed by atoms with van der Waals surface area (Å²) in [4.78, 5) is 10.1. The van der Waals surface area contributed by atoms with Crippen molar-refractivity contribution in [2.45, 2.75) is 0 Å². The first-order valence-corrected chi connectivity index (χ1v) is 15.5. The van der Waals surface area contributed by atoms with Crippen molar-refractivity contribution in [1.82, 2.24) is 14.5 Å². The van der Waals surface area contributed by atoms with Crippen molar-refractivity contribution in [2.24, 2.45) is 0 Å². The molecular formula is C42H25N3O. The topological polar surface area (TPSA) is 43.9 Å². The molecule has 3 aromatic heterocycles. The van der Waals surface area contributed by atoms with Gasteiger partial charge in [-0.3, -0.25) is 0 Å². The van der Waals surface area contributed by atoms with Gasteiger partial charge in [0.05, 0.1) is 22.2 Å². The van der Waals surface area contributed by atoms with Crippen LogP contribution in [0.3, 0.4) is 0 Å². The van der Waals surface area contributed by atoms with E-state index in [2.05, 4.69) is 132 Å². The Morgan fingerprint density at radius 2 is 1.09 bits per heavy atom. The van der Waals surface area contributed by atoms with Crippen molar-refractivity contribution in [3.63, 3.8) is 0 Å². The zero-order chi connectivity index (χ0) is 30.2. The molecule has 7 aromatic carbocycles. The number of fused-ring (bicyclic) bond motifs is 11. The molecular weight excluding hydrogens is 562 g/mol. The zero-order valence-corrected chi connectivity index (χ0v) is 24.7. The lowest BCUT2D eigenvalue weighted by molar-refractivity contribution is 0.671. The fourth-order valence-corrected chi connectivity index (χ4v) is 7.18. The Hall–Kier alpha value is -6.26. The van der Waals surface area contributed by atoms with Gasteiger partial charge >= 0.3 is 0 Å². The number of furan rings is 1. The molecule has 0 radical (unpaired) electrons. The van der Waals surface area contributed by atoms with Gasteiger partial charge in [-0.1, -0.05) is 109 Å². The molecule has 10 rings (SSSR count). The molecule has 0 saturated carbocycles. The lowest BCUT2D eigenvalue weighted by atomic mass is 9.99. The van der Waals surface area contributed by atoms with Gasteiger partial charge in [0.15, 0.2) is 11.4 Å². The molecule has 0 saturated heterocycles. The minimum Gasteiger partial charge on any atom is -0.454 e. The van der Waals surface area contributed by atoms with E-state index < -0.39 is 0 Å². The van der Waals surface area contributed by atoms with Gasteiger partial charge in [-0.2, -0.15) is 0 Å². The van der Waals surface area contributed by atoms with E-state index >= 15 is 0 Å². The highest BCUT2D eigenvalue weighted by molar-refractivity contribution is 6.35. The number of para-hydroxylation sites is 3. The molecule has 0 spiro atoms. The van der Waals surface area contributed by atoms with Gasteiger partial charge in [0.2, 0.25) is 0 Å². The third kappa shape index (κ3) is 3.55. The smallest absolute Gasteiger partial charge is 0.160 e. The van der Waals surface area contributed by atoms with E-state index in [9.17, 15) is 0 Å². The van der Waals surface area contributed by atoms with Crippen molar-refractivity contribution < 1.29 is 4.42 Å². The van der Waals surface area contributed by atoms with E-state index in [4.69, 9.17) is 14.4 Å². The molecule has 0 aliphatic heterocycles. The summed E-state index contributed by atoms with van der Waals surface area (Å²) < 4.78 is 9.06. The van der Waals surface area contributed by atoms with Crippen LogP contribution in [0.25, 0.3) is 93.8 Å². The van der Waals surface area contributed by atoms with Crippen LogP contribution in [0.1, 0.15) is 0 Å². The molecule has 0 amide bonds. The van der Waals surface area contributed by atoms with Gasteiger partial charge in [-0.05, 0) is 53.2 Å². The highest BCUT2D eigenvalue weighted by Gasteiger charge is 2.22. The van der Waals surface area contributed by atoms with Crippen molar-refractivity contribution in [2.75, 3.05) is 0 Å². The summed E-state index contributed by atoms with van der Waals surface area (Å²) in [7, 11) is 0. The van der Waals surface area contributed by atoms with Crippen LogP contribution >= 0.6 is 0 Å². The van der Waals surface area contributed by atoms with E-state index in [0.29, 0.717) is 5.82 Å². The molecule has 4 heteroatoms. The average Bonchev–Trinajstić information content (AvgIpc) is 3.69. The number of benzene rings is 7. The molecule has 0 fully saturated rings. The fraction of sp³-hybridized carbons (Fsp3) is 0. The maximum atomic E-state index is 6.71. The minimum atomic E-state index is 0.706. The molecule has 214 valence electrons. The van der Waals surface area contributed by atoms with Gasteiger partial charge in [-0.15, -0.1) is 0 Å². The largest absolute Gasteiger partial charge is 0.454 e. The predicted molar refractivity (Wildman–Crippen MR) is 190 cm³/mol. The van der Waals surface area contributed by atoms with Crippen molar-refractivity contribution >= 4 is 65.4 Å². The summed E-state index contributed by atoms with van der Waals surface area (Å²) >= 11 is 0. The minimum absolute atomic E-state index is 0.706. The number of hydrogen-bond acceptors (Lipinski definition) is 3. The lowest BCUT2D eigenvalue weighted by Crippen LogP contribution is -1.97. The molecule has 0 N–H and O–H groups in total. The van der Waals surface area contributed by atoms with Gasteiger partial charge < -0.3 is 8.98 Å². The fourth-order valence-electron chi connectivity index (χ4n) is 7.18. The number of aromatic nitrogens is 3. The number of nitrogens with zero attached hydrogens (tertiary/aromatic N) is 3. The molecule has 4 nitrogen and oxygen atoms in total. The summed E-state index contributed by atoms with van der Waals surface area (Å²) in [5.41, 5.74) is 8.97. The van der Waals surface area contributed by atoms with E-state index in [-0.39, 0.29) is 0 Å². The second kappa shape index (κ2) is 9.62. The van der Waals surface area contributed by atoms with Crippen molar-refractivity contribution in [1.29, 1.82) is 0 Å². The Balaban J connectivity index is 1.24. The van der Waals surface area contributed by atoms with Crippen LogP contribution < -0.4 is 0 Å². The normalized spacial score (nSPS) is 11.9. The molecule has 10 aromatic rings. The predicted octanol–water partition coefficient (Wildman–Crippen LogP) is 11.1. The number of hydrogen-bond donors (Lipinski definition) is 0. The van der Waals surface area contributed by atoms with Crippen LogP contribution in [0.15, 0.2) is 156 Å². The first-order valence-electron chi connectivity index (χ1n) is 15.5. The van der Waals surface area contributed by atoms with Crippen LogP contribution in [0.4, 0.5) is 0 Å².